The van der Waals surface area contributed by atoms with Crippen LogP contribution in [0.2, 0.25) is 5.02 Å². The number of pyridine rings is 1. The molecule has 0 amide bonds. The monoisotopic (exact) mass is 559 g/mol. The van der Waals surface area contributed by atoms with Gasteiger partial charge in [0.25, 0.3) is 0 Å². The van der Waals surface area contributed by atoms with Crippen LogP contribution in [0.25, 0.3) is 22.3 Å². The Morgan fingerprint density at radius 1 is 1.05 bits per heavy atom. The van der Waals surface area contributed by atoms with Gasteiger partial charge in [-0.15, -0.1) is 0 Å². The molecule has 0 spiro atoms. The maximum atomic E-state index is 14.2. The number of carboxylic acids is 1. The number of carbonyl (C=O) groups is 1. The molecule has 40 heavy (non-hydrogen) atoms. The van der Waals surface area contributed by atoms with E-state index in [0.29, 0.717) is 47.2 Å². The summed E-state index contributed by atoms with van der Waals surface area (Å²) in [5.41, 5.74) is 5.25. The van der Waals surface area contributed by atoms with E-state index in [4.69, 9.17) is 26.1 Å². The number of halogens is 2. The maximum absolute atomic E-state index is 14.2. The van der Waals surface area contributed by atoms with Crippen molar-refractivity contribution in [1.82, 2.24) is 14.5 Å². The number of methoxy groups -OCH3 is 1. The summed E-state index contributed by atoms with van der Waals surface area (Å²) in [6.07, 6.45) is 0.486. The van der Waals surface area contributed by atoms with E-state index in [1.165, 1.54) is 6.07 Å². The van der Waals surface area contributed by atoms with E-state index >= 15 is 0 Å². The van der Waals surface area contributed by atoms with Crippen LogP contribution >= 0.6 is 11.6 Å². The second-order valence-corrected chi connectivity index (χ2v) is 9.82. The summed E-state index contributed by atoms with van der Waals surface area (Å²) >= 11 is 6.71. The molecule has 0 atom stereocenters. The van der Waals surface area contributed by atoms with Gasteiger partial charge in [-0.25, -0.2) is 19.2 Å². The lowest BCUT2D eigenvalue weighted by molar-refractivity contribution is 0.0697. The molecule has 5 aromatic rings. The van der Waals surface area contributed by atoms with Gasteiger partial charge in [0, 0.05) is 37.3 Å². The Hall–Kier alpha value is -4.27. The number of aryl methyl sites for hydroxylation is 1. The van der Waals surface area contributed by atoms with Gasteiger partial charge in [-0.3, -0.25) is 0 Å². The molecule has 7 nitrogen and oxygen atoms in total. The molecule has 0 unspecified atom stereocenters. The zero-order valence-electron chi connectivity index (χ0n) is 22.0. The highest BCUT2D eigenvalue weighted by Crippen LogP contribution is 2.30. The summed E-state index contributed by atoms with van der Waals surface area (Å²) in [7, 11) is 1.62. The van der Waals surface area contributed by atoms with Crippen LogP contribution in [0.4, 0.5) is 4.39 Å². The van der Waals surface area contributed by atoms with Crippen LogP contribution in [0, 0.1) is 12.7 Å². The molecule has 2 aromatic heterocycles. The van der Waals surface area contributed by atoms with Crippen molar-refractivity contribution in [2.24, 2.45) is 0 Å². The molecule has 1 N–H and O–H groups in total. The zero-order valence-corrected chi connectivity index (χ0v) is 22.8. The fourth-order valence-electron chi connectivity index (χ4n) is 4.50. The average molecular weight is 560 g/mol. The molecule has 0 saturated heterocycles. The molecule has 2 heterocycles. The van der Waals surface area contributed by atoms with E-state index < -0.39 is 5.97 Å². The van der Waals surface area contributed by atoms with Gasteiger partial charge in [0.05, 0.1) is 33.9 Å². The van der Waals surface area contributed by atoms with E-state index in [0.717, 1.165) is 28.0 Å². The van der Waals surface area contributed by atoms with Gasteiger partial charge in [-0.05, 0) is 54.4 Å². The van der Waals surface area contributed by atoms with Crippen molar-refractivity contribution in [3.05, 3.63) is 112 Å². The summed E-state index contributed by atoms with van der Waals surface area (Å²) in [5.74, 6) is -0.163. The van der Waals surface area contributed by atoms with Gasteiger partial charge in [-0.2, -0.15) is 0 Å². The van der Waals surface area contributed by atoms with Crippen LogP contribution in [0.1, 0.15) is 32.9 Å². The third-order valence-corrected chi connectivity index (χ3v) is 6.89. The second kappa shape index (κ2) is 11.9. The van der Waals surface area contributed by atoms with E-state index in [9.17, 15) is 14.3 Å². The number of imidazole rings is 1. The molecule has 0 saturated carbocycles. The number of hydrogen-bond donors (Lipinski definition) is 1. The Morgan fingerprint density at radius 3 is 2.65 bits per heavy atom. The van der Waals surface area contributed by atoms with Gasteiger partial charge in [0.2, 0.25) is 5.88 Å². The van der Waals surface area contributed by atoms with Gasteiger partial charge in [0.1, 0.15) is 18.2 Å². The van der Waals surface area contributed by atoms with E-state index in [1.807, 2.05) is 47.9 Å². The molecule has 0 fully saturated rings. The lowest BCUT2D eigenvalue weighted by atomic mass is 10.1. The van der Waals surface area contributed by atoms with E-state index in [2.05, 4.69) is 4.98 Å². The molecular weight excluding hydrogens is 533 g/mol. The number of aromatic nitrogens is 3. The molecule has 0 aliphatic rings. The fraction of sp³-hybridized carbons (Fsp3) is 0.194. The number of rotatable bonds is 10. The summed E-state index contributed by atoms with van der Waals surface area (Å²) in [4.78, 5) is 20.8. The SMILES string of the molecule is COCCn1c(Cc2ccc(-c3cccc(OCc4ccc(C)cc4F)n3)c(Cl)c2)nc2ccc(C(=O)O)cc21. The predicted molar refractivity (Wildman–Crippen MR) is 152 cm³/mol. The maximum Gasteiger partial charge on any atom is 0.335 e. The first-order valence-corrected chi connectivity index (χ1v) is 13.1. The Labute approximate surface area is 235 Å². The number of hydrogen-bond acceptors (Lipinski definition) is 5. The van der Waals surface area contributed by atoms with Crippen molar-refractivity contribution in [2.75, 3.05) is 13.7 Å². The fourth-order valence-corrected chi connectivity index (χ4v) is 4.80. The third-order valence-electron chi connectivity index (χ3n) is 6.57. The minimum Gasteiger partial charge on any atom is -0.478 e. The van der Waals surface area contributed by atoms with Gasteiger partial charge in [0.15, 0.2) is 0 Å². The topological polar surface area (TPSA) is 86.5 Å². The smallest absolute Gasteiger partial charge is 0.335 e. The molecule has 0 bridgehead atoms. The van der Waals surface area contributed by atoms with Crippen molar-refractivity contribution in [1.29, 1.82) is 0 Å². The molecular formula is C31H27ClFN3O4. The number of benzene rings is 3. The first kappa shape index (κ1) is 27.3. The Balaban J connectivity index is 1.37. The van der Waals surface area contributed by atoms with Gasteiger partial charge < -0.3 is 19.1 Å². The molecule has 204 valence electrons. The molecule has 0 radical (unpaired) electrons. The van der Waals surface area contributed by atoms with Crippen molar-refractivity contribution in [3.63, 3.8) is 0 Å². The lowest BCUT2D eigenvalue weighted by Gasteiger charge is -2.11. The quantitative estimate of drug-likeness (QED) is 0.204. The van der Waals surface area contributed by atoms with Crippen molar-refractivity contribution >= 4 is 28.6 Å². The second-order valence-electron chi connectivity index (χ2n) is 9.42. The largest absolute Gasteiger partial charge is 0.478 e. The number of carboxylic acid groups (broad SMARTS) is 1. The number of aromatic carboxylic acids is 1. The molecule has 5 rings (SSSR count). The third kappa shape index (κ3) is 5.98. The Kier molecular flexibility index (Phi) is 8.09. The van der Waals surface area contributed by atoms with E-state index in [1.54, 1.807) is 37.4 Å². The van der Waals surface area contributed by atoms with Crippen molar-refractivity contribution < 1.29 is 23.8 Å². The van der Waals surface area contributed by atoms with Gasteiger partial charge >= 0.3 is 5.97 Å². The first-order chi connectivity index (χ1) is 19.3. The zero-order chi connectivity index (χ0) is 28.2. The molecule has 0 aliphatic carbocycles. The van der Waals surface area contributed by atoms with Crippen LogP contribution in [0.5, 0.6) is 5.88 Å². The highest BCUT2D eigenvalue weighted by atomic mass is 35.5. The molecule has 9 heteroatoms. The highest BCUT2D eigenvalue weighted by Gasteiger charge is 2.15. The van der Waals surface area contributed by atoms with Crippen molar-refractivity contribution in [3.8, 4) is 17.1 Å². The van der Waals surface area contributed by atoms with Crippen molar-refractivity contribution in [2.45, 2.75) is 26.5 Å². The summed E-state index contributed by atoms with van der Waals surface area (Å²) < 4.78 is 27.2. The Bertz CT molecular complexity index is 1700. The molecule has 0 aliphatic heterocycles. The van der Waals surface area contributed by atoms with Crippen LogP contribution in [0.15, 0.2) is 72.8 Å². The van der Waals surface area contributed by atoms with Gasteiger partial charge in [-0.1, -0.05) is 41.9 Å². The minimum absolute atomic E-state index is 0.0628. The molecule has 3 aromatic carbocycles. The normalized spacial score (nSPS) is 11.2. The number of nitrogens with zero attached hydrogens (tertiary/aromatic N) is 3. The first-order valence-electron chi connectivity index (χ1n) is 12.7. The lowest BCUT2D eigenvalue weighted by Crippen LogP contribution is -2.09. The van der Waals surface area contributed by atoms with E-state index in [-0.39, 0.29) is 18.0 Å². The standard InChI is InChI=1S/C31H27ClFN3O4/c1-19-6-8-22(25(33)14-19)18-40-30-5-3-4-26(35-30)23-10-7-20(15-24(23)32)16-29-34-27-11-9-21(31(37)38)17-28(27)36(29)12-13-39-2/h3-11,14-15,17H,12-13,16,18H2,1-2H3,(H,37,38). The predicted octanol–water partition coefficient (Wildman–Crippen LogP) is 6.71. The van der Waals surface area contributed by atoms with Crippen LogP contribution in [-0.4, -0.2) is 39.3 Å². The summed E-state index contributed by atoms with van der Waals surface area (Å²) in [6, 6.07) is 21.0. The number of fused-ring (bicyclic) bond motifs is 1. The van der Waals surface area contributed by atoms with Crippen LogP contribution in [-0.2, 0) is 24.3 Å². The summed E-state index contributed by atoms with van der Waals surface area (Å²) in [6.45, 7) is 2.88. The number of ether oxygens (including phenoxy) is 2. The van der Waals surface area contributed by atoms with Crippen LogP contribution < -0.4 is 4.74 Å². The average Bonchev–Trinajstić information content (AvgIpc) is 3.27. The summed E-state index contributed by atoms with van der Waals surface area (Å²) in [5, 5.41) is 9.94. The minimum atomic E-state index is -0.990. The highest BCUT2D eigenvalue weighted by molar-refractivity contribution is 6.33. The Morgan fingerprint density at radius 2 is 1.90 bits per heavy atom. The van der Waals surface area contributed by atoms with Crippen LogP contribution in [0.3, 0.4) is 0 Å².